The first-order valence-corrected chi connectivity index (χ1v) is 26.5. The van der Waals surface area contributed by atoms with Crippen LogP contribution in [0.4, 0.5) is 4.39 Å². The van der Waals surface area contributed by atoms with Gasteiger partial charge in [-0.05, 0) is 98.6 Å². The second kappa shape index (κ2) is 25.9. The van der Waals surface area contributed by atoms with Crippen LogP contribution in [0.25, 0.3) is 5.69 Å². The molecule has 20 nitrogen and oxygen atoms in total. The number of likely N-dealkylation sites (N-methyl/N-ethyl adjacent to an activating group) is 1. The van der Waals surface area contributed by atoms with Gasteiger partial charge in [0.1, 0.15) is 42.5 Å². The Morgan fingerprint density at radius 1 is 0.947 bits per heavy atom. The monoisotopic (exact) mass is 1060 g/mol. The van der Waals surface area contributed by atoms with E-state index in [-0.39, 0.29) is 38.0 Å². The highest BCUT2D eigenvalue weighted by Gasteiger charge is 2.56. The molecule has 3 fully saturated rings. The van der Waals surface area contributed by atoms with Gasteiger partial charge in [-0.15, -0.1) is 5.10 Å². The van der Waals surface area contributed by atoms with Gasteiger partial charge in [0.2, 0.25) is 5.91 Å². The van der Waals surface area contributed by atoms with E-state index in [9.17, 15) is 44.3 Å². The minimum atomic E-state index is -2.02. The molecule has 3 aliphatic rings. The molecule has 0 saturated carbocycles. The Morgan fingerprint density at radius 3 is 2.17 bits per heavy atom. The first-order valence-electron chi connectivity index (χ1n) is 26.5. The molecule has 0 bridgehead atoms. The quantitative estimate of drug-likeness (QED) is 0.124. The van der Waals surface area contributed by atoms with Crippen molar-refractivity contribution in [2.75, 3.05) is 48.6 Å². The third-order valence-electron chi connectivity index (χ3n) is 16.6. The van der Waals surface area contributed by atoms with Crippen LogP contribution in [-0.4, -0.2) is 201 Å². The largest absolute Gasteiger partial charge is 0.459 e. The van der Waals surface area contributed by atoms with Crippen molar-refractivity contribution in [3.05, 3.63) is 41.7 Å². The van der Waals surface area contributed by atoms with Gasteiger partial charge in [-0.2, -0.15) is 0 Å². The molecule has 3 saturated heterocycles. The van der Waals surface area contributed by atoms with Crippen molar-refractivity contribution in [1.82, 2.24) is 30.1 Å². The molecule has 1 aromatic carbocycles. The summed E-state index contributed by atoms with van der Waals surface area (Å²) in [5.41, 5.74) is -2.63. The normalized spacial score (nSPS) is 38.5. The predicted molar refractivity (Wildman–Crippen MR) is 275 cm³/mol. The van der Waals surface area contributed by atoms with E-state index in [0.29, 0.717) is 24.2 Å². The van der Waals surface area contributed by atoms with Crippen LogP contribution in [-0.2, 0) is 49.3 Å². The van der Waals surface area contributed by atoms with Crippen molar-refractivity contribution in [2.24, 2.45) is 29.6 Å². The molecule has 426 valence electrons. The van der Waals surface area contributed by atoms with Gasteiger partial charge in [0, 0.05) is 63.9 Å². The summed E-state index contributed by atoms with van der Waals surface area (Å²) >= 11 is 0. The van der Waals surface area contributed by atoms with Crippen molar-refractivity contribution < 1.29 is 72.7 Å². The number of Topliss-reactive ketones (excluding diaryl/α,β-unsaturated/α-hetero) is 1. The molecule has 0 spiro atoms. The van der Waals surface area contributed by atoms with Crippen LogP contribution >= 0.6 is 0 Å². The lowest BCUT2D eigenvalue weighted by molar-refractivity contribution is -0.305. The molecule has 3 aliphatic heterocycles. The lowest BCUT2D eigenvalue weighted by Gasteiger charge is -2.52. The number of ether oxygens (including phenoxy) is 6. The number of nitrogens with one attached hydrogen (secondary N) is 1. The van der Waals surface area contributed by atoms with Gasteiger partial charge in [0.15, 0.2) is 6.29 Å². The number of hydrogen-bond acceptors (Lipinski definition) is 18. The van der Waals surface area contributed by atoms with Crippen molar-refractivity contribution in [3.8, 4) is 5.69 Å². The van der Waals surface area contributed by atoms with Gasteiger partial charge in [-0.25, -0.2) is 9.07 Å². The molecule has 1 amide bonds. The maximum absolute atomic E-state index is 14.6. The Bertz CT molecular complexity index is 2170. The fraction of sp³-hybridized carbons (Fsp3) is 0.796. The van der Waals surface area contributed by atoms with Gasteiger partial charge < -0.3 is 69.1 Å². The number of aromatic nitrogens is 3. The maximum Gasteiger partial charge on any atom is 0.309 e. The summed E-state index contributed by atoms with van der Waals surface area (Å²) in [6, 6.07) is 4.86. The summed E-state index contributed by atoms with van der Waals surface area (Å²) < 4.78 is 54.6. The predicted octanol–water partition coefficient (Wildman–Crippen LogP) is 3.30. The highest BCUT2D eigenvalue weighted by Crippen LogP contribution is 2.46. The van der Waals surface area contributed by atoms with Crippen LogP contribution in [0.2, 0.25) is 0 Å². The third kappa shape index (κ3) is 14.2. The standard InChI is InChI=1S/C54H89FN6O14/c1-16-41-54(10,69)47(66)33(6)44(63)29(2)24-53(9,71-15)49(31(4)43(32(5)50(68)74-41)40-25-52(8,70-14)48(67)34(7)73-40)75-51-46(65)39(23-30(3)72-51)60(13)22-21-42(62)56-38(26-55)45(64)35-17-19-37(20-18-35)61-28-36(57-58-61)27-59(11)12/h17-20,28-34,38-41,43,45-49,51,64-67,69H,16,21-27H2,1-15H3,(H,56,62)/t29-,30-,31+,32-,33+,34+,38-,39+,40-,41-,43?,45-,46-,47-,48+,49-,51+,52-,53-,54-/m1/s1. The molecule has 75 heavy (non-hydrogen) atoms. The number of esters is 1. The van der Waals surface area contributed by atoms with E-state index in [4.69, 9.17) is 28.4 Å². The SMILES string of the molecule is CC[C@H]1OC(=O)[C@H](C)C([C@H]2C[C@@](C)(OC)[C@@H](O)[C@H](C)O2)[C@H](C)[C@@H](O[C@@H]2O[C@H](C)C[C@H](N(C)CCC(=O)N[C@H](CF)[C@H](O)c3ccc(-n4cc(CN(C)C)nn4)cc3)[C@H]2O)[C@](C)(OC)C[C@@H](C)C(=O)[C@H](C)[C@@H](O)[C@]1(C)O. The lowest BCUT2D eigenvalue weighted by atomic mass is 9.67. The number of aliphatic hydroxyl groups is 5. The molecular formula is C54H89FN6O14. The Hall–Kier alpha value is -3.58. The second-order valence-corrected chi connectivity index (χ2v) is 22.7. The van der Waals surface area contributed by atoms with E-state index in [1.165, 1.54) is 28.1 Å². The number of methoxy groups -OCH3 is 2. The van der Waals surface area contributed by atoms with Crippen LogP contribution in [0, 0.1) is 29.6 Å². The average molecular weight is 1070 g/mol. The van der Waals surface area contributed by atoms with Gasteiger partial charge in [0.25, 0.3) is 0 Å². The van der Waals surface area contributed by atoms with Crippen LogP contribution in [0.3, 0.4) is 0 Å². The molecule has 0 aliphatic carbocycles. The maximum atomic E-state index is 14.6. The zero-order valence-electron chi connectivity index (χ0n) is 46.9. The zero-order chi connectivity index (χ0) is 56.1. The van der Waals surface area contributed by atoms with Gasteiger partial charge in [-0.3, -0.25) is 14.4 Å². The van der Waals surface area contributed by atoms with Gasteiger partial charge in [0.05, 0.1) is 71.3 Å². The summed E-state index contributed by atoms with van der Waals surface area (Å²) in [6.07, 6.45) is -8.59. The minimum Gasteiger partial charge on any atom is -0.459 e. The van der Waals surface area contributed by atoms with Crippen LogP contribution < -0.4 is 5.32 Å². The molecule has 20 atom stereocenters. The van der Waals surface area contributed by atoms with Crippen LogP contribution in [0.15, 0.2) is 30.5 Å². The number of carbonyl (C=O) groups is 3. The topological polar surface area (TPSA) is 257 Å². The molecule has 2 aromatic rings. The number of benzene rings is 1. The van der Waals surface area contributed by atoms with Crippen LogP contribution in [0.5, 0.6) is 0 Å². The molecule has 1 unspecified atom stereocenters. The van der Waals surface area contributed by atoms with E-state index in [1.54, 1.807) is 88.6 Å². The van der Waals surface area contributed by atoms with E-state index in [2.05, 4.69) is 15.6 Å². The van der Waals surface area contributed by atoms with E-state index < -0.39 is 138 Å². The zero-order valence-corrected chi connectivity index (χ0v) is 46.9. The van der Waals surface area contributed by atoms with Crippen molar-refractivity contribution in [1.29, 1.82) is 0 Å². The number of cyclic esters (lactones) is 1. The summed E-state index contributed by atoms with van der Waals surface area (Å²) in [5.74, 6) is -5.95. The third-order valence-corrected chi connectivity index (χ3v) is 16.6. The number of hydrogen-bond donors (Lipinski definition) is 6. The van der Waals surface area contributed by atoms with Crippen molar-refractivity contribution in [3.63, 3.8) is 0 Å². The molecule has 0 radical (unpaired) electrons. The van der Waals surface area contributed by atoms with Crippen LogP contribution in [0.1, 0.15) is 119 Å². The number of aliphatic hydroxyl groups excluding tert-OH is 4. The molecule has 6 N–H and O–H groups in total. The molecular weight excluding hydrogens is 976 g/mol. The first kappa shape index (κ1) is 62.3. The number of rotatable bonds is 17. The van der Waals surface area contributed by atoms with E-state index in [1.807, 2.05) is 32.8 Å². The number of carbonyl (C=O) groups excluding carboxylic acids is 3. The molecule has 4 heterocycles. The Morgan fingerprint density at radius 2 is 1.59 bits per heavy atom. The number of halogens is 1. The molecule has 21 heteroatoms. The summed E-state index contributed by atoms with van der Waals surface area (Å²) in [6.45, 7) is 16.7. The number of amides is 1. The highest BCUT2D eigenvalue weighted by molar-refractivity contribution is 5.83. The average Bonchev–Trinajstić information content (AvgIpc) is 3.84. The fourth-order valence-corrected chi connectivity index (χ4v) is 11.9. The highest BCUT2D eigenvalue weighted by atomic mass is 19.1. The van der Waals surface area contributed by atoms with Crippen molar-refractivity contribution >= 4 is 17.7 Å². The smallest absolute Gasteiger partial charge is 0.309 e. The van der Waals surface area contributed by atoms with Gasteiger partial charge in [-0.1, -0.05) is 52.0 Å². The summed E-state index contributed by atoms with van der Waals surface area (Å²) in [7, 11) is 8.58. The van der Waals surface area contributed by atoms with E-state index in [0.717, 1.165) is 5.69 Å². The number of ketones is 1. The van der Waals surface area contributed by atoms with Gasteiger partial charge >= 0.3 is 5.97 Å². The number of alkyl halides is 1. The fourth-order valence-electron chi connectivity index (χ4n) is 11.9. The Balaban J connectivity index is 1.41. The second-order valence-electron chi connectivity index (χ2n) is 22.7. The van der Waals surface area contributed by atoms with Crippen molar-refractivity contribution in [2.45, 2.75) is 198 Å². The molecule has 1 aromatic heterocycles. The lowest BCUT2D eigenvalue weighted by Crippen LogP contribution is -2.62. The minimum absolute atomic E-state index is 0.0352. The van der Waals surface area contributed by atoms with E-state index >= 15 is 0 Å². The summed E-state index contributed by atoms with van der Waals surface area (Å²) in [4.78, 5) is 46.1. The Kier molecular flexibility index (Phi) is 21.5. The molecule has 5 rings (SSSR count). The Labute approximate surface area is 442 Å². The summed E-state index contributed by atoms with van der Waals surface area (Å²) in [5, 5.41) is 69.3. The number of nitrogens with zero attached hydrogens (tertiary/aromatic N) is 5. The first-order chi connectivity index (χ1) is 35.1.